The topological polar surface area (TPSA) is 21.6 Å². The maximum atomic E-state index is 5.47. The monoisotopic (exact) mass is 337 g/mol. The summed E-state index contributed by atoms with van der Waals surface area (Å²) in [5.41, 5.74) is 6.42. The lowest BCUT2D eigenvalue weighted by molar-refractivity contribution is 0.132. The van der Waals surface area contributed by atoms with Crippen molar-refractivity contribution in [3.8, 4) is 0 Å². The Bertz CT molecular complexity index is 729. The molecular formula is C21H23NOS. The van der Waals surface area contributed by atoms with Gasteiger partial charge in [0.15, 0.2) is 0 Å². The van der Waals surface area contributed by atoms with Crippen molar-refractivity contribution in [2.45, 2.75) is 37.7 Å². The molecule has 0 spiro atoms. The SMILES string of the molecule is CSc1ccc(C2=C(/C=N/OCc3ccc(C)cc3)CCC2)cc1. The first-order valence-electron chi connectivity index (χ1n) is 8.33. The molecule has 24 heavy (non-hydrogen) atoms. The summed E-state index contributed by atoms with van der Waals surface area (Å²) in [6, 6.07) is 17.2. The predicted molar refractivity (Wildman–Crippen MR) is 103 cm³/mol. The van der Waals surface area contributed by atoms with Gasteiger partial charge in [0.1, 0.15) is 6.61 Å². The Balaban J connectivity index is 1.64. The van der Waals surface area contributed by atoms with Crippen LogP contribution in [0.4, 0.5) is 0 Å². The maximum absolute atomic E-state index is 5.47. The van der Waals surface area contributed by atoms with Crippen molar-refractivity contribution >= 4 is 23.5 Å². The molecule has 0 heterocycles. The molecule has 0 bridgehead atoms. The van der Waals surface area contributed by atoms with Crippen LogP contribution in [0, 0.1) is 6.92 Å². The van der Waals surface area contributed by atoms with Crippen LogP contribution in [0.2, 0.25) is 0 Å². The molecule has 0 aliphatic heterocycles. The van der Waals surface area contributed by atoms with Crippen LogP contribution < -0.4 is 0 Å². The number of benzene rings is 2. The first kappa shape index (κ1) is 16.8. The van der Waals surface area contributed by atoms with Crippen molar-refractivity contribution in [1.82, 2.24) is 0 Å². The van der Waals surface area contributed by atoms with Crippen LogP contribution in [0.5, 0.6) is 0 Å². The van der Waals surface area contributed by atoms with Gasteiger partial charge in [0.25, 0.3) is 0 Å². The molecular weight excluding hydrogens is 314 g/mol. The minimum Gasteiger partial charge on any atom is -0.391 e. The summed E-state index contributed by atoms with van der Waals surface area (Å²) in [6.07, 6.45) is 7.40. The van der Waals surface area contributed by atoms with Crippen molar-refractivity contribution in [2.75, 3.05) is 6.26 Å². The Labute approximate surface area is 148 Å². The van der Waals surface area contributed by atoms with Crippen LogP contribution in [-0.4, -0.2) is 12.5 Å². The van der Waals surface area contributed by atoms with E-state index in [2.05, 4.69) is 66.9 Å². The molecule has 0 unspecified atom stereocenters. The fraction of sp³-hybridized carbons (Fsp3) is 0.286. The van der Waals surface area contributed by atoms with Crippen molar-refractivity contribution < 1.29 is 4.84 Å². The zero-order valence-electron chi connectivity index (χ0n) is 14.3. The number of oxime groups is 1. The molecule has 0 aromatic heterocycles. The molecule has 1 aliphatic carbocycles. The van der Waals surface area contributed by atoms with Crippen LogP contribution in [0.3, 0.4) is 0 Å². The van der Waals surface area contributed by atoms with Crippen molar-refractivity contribution in [1.29, 1.82) is 0 Å². The number of rotatable bonds is 6. The Morgan fingerprint density at radius 2 is 1.79 bits per heavy atom. The van der Waals surface area contributed by atoms with Gasteiger partial charge in [-0.3, -0.25) is 0 Å². The van der Waals surface area contributed by atoms with E-state index in [0.717, 1.165) is 18.4 Å². The van der Waals surface area contributed by atoms with Gasteiger partial charge in [-0.15, -0.1) is 11.8 Å². The first-order chi connectivity index (χ1) is 11.8. The predicted octanol–water partition coefficient (Wildman–Crippen LogP) is 5.86. The third-order valence-corrected chi connectivity index (χ3v) is 5.08. The lowest BCUT2D eigenvalue weighted by atomic mass is 10.0. The molecule has 0 radical (unpaired) electrons. The van der Waals surface area contributed by atoms with E-state index in [-0.39, 0.29) is 0 Å². The number of aryl methyl sites for hydroxylation is 1. The van der Waals surface area contributed by atoms with Gasteiger partial charge in [-0.1, -0.05) is 47.1 Å². The van der Waals surface area contributed by atoms with Crippen molar-refractivity contribution in [2.24, 2.45) is 5.16 Å². The number of allylic oxidation sites excluding steroid dienone is 2. The average molecular weight is 337 g/mol. The number of hydrogen-bond acceptors (Lipinski definition) is 3. The van der Waals surface area contributed by atoms with E-state index in [0.29, 0.717) is 6.61 Å². The third-order valence-electron chi connectivity index (χ3n) is 4.33. The maximum Gasteiger partial charge on any atom is 0.142 e. The number of hydrogen-bond donors (Lipinski definition) is 0. The zero-order chi connectivity index (χ0) is 16.8. The highest BCUT2D eigenvalue weighted by Gasteiger charge is 2.14. The third kappa shape index (κ3) is 4.30. The molecule has 3 rings (SSSR count). The molecule has 2 nitrogen and oxygen atoms in total. The van der Waals surface area contributed by atoms with Gasteiger partial charge in [0.05, 0.1) is 6.21 Å². The summed E-state index contributed by atoms with van der Waals surface area (Å²) < 4.78 is 0. The molecule has 0 amide bonds. The number of thioether (sulfide) groups is 1. The van der Waals surface area contributed by atoms with Gasteiger partial charge in [-0.2, -0.15) is 0 Å². The Hall–Kier alpha value is -2.00. The van der Waals surface area contributed by atoms with Crippen LogP contribution in [0.1, 0.15) is 36.0 Å². The normalized spacial score (nSPS) is 14.6. The van der Waals surface area contributed by atoms with Gasteiger partial charge in [0, 0.05) is 4.90 Å². The molecule has 2 aromatic carbocycles. The van der Waals surface area contributed by atoms with E-state index in [9.17, 15) is 0 Å². The van der Waals surface area contributed by atoms with Crippen molar-refractivity contribution in [3.05, 3.63) is 70.8 Å². The fourth-order valence-corrected chi connectivity index (χ4v) is 3.34. The van der Waals surface area contributed by atoms with Crippen LogP contribution in [-0.2, 0) is 11.4 Å². The van der Waals surface area contributed by atoms with Crippen LogP contribution in [0.25, 0.3) is 5.57 Å². The Kier molecular flexibility index (Phi) is 5.76. The molecule has 124 valence electrons. The highest BCUT2D eigenvalue weighted by atomic mass is 32.2. The van der Waals surface area contributed by atoms with Crippen LogP contribution >= 0.6 is 11.8 Å². The van der Waals surface area contributed by atoms with E-state index >= 15 is 0 Å². The largest absolute Gasteiger partial charge is 0.391 e. The molecule has 0 atom stereocenters. The summed E-state index contributed by atoms with van der Waals surface area (Å²) in [7, 11) is 0. The van der Waals surface area contributed by atoms with E-state index in [1.165, 1.54) is 33.6 Å². The van der Waals surface area contributed by atoms with Gasteiger partial charge in [-0.05, 0) is 66.8 Å². The molecule has 1 aliphatic rings. The summed E-state index contributed by atoms with van der Waals surface area (Å²) in [4.78, 5) is 6.77. The second kappa shape index (κ2) is 8.20. The summed E-state index contributed by atoms with van der Waals surface area (Å²) in [5.74, 6) is 0. The van der Waals surface area contributed by atoms with E-state index in [4.69, 9.17) is 4.84 Å². The smallest absolute Gasteiger partial charge is 0.142 e. The van der Waals surface area contributed by atoms with Gasteiger partial charge in [0.2, 0.25) is 0 Å². The molecule has 0 saturated heterocycles. The van der Waals surface area contributed by atoms with Gasteiger partial charge in [-0.25, -0.2) is 0 Å². The standard InChI is InChI=1S/C21H23NOS/c1-16-6-8-17(9-7-16)15-23-22-14-19-4-3-5-21(19)18-10-12-20(24-2)13-11-18/h6-14H,3-5,15H2,1-2H3/b22-14+. The Morgan fingerprint density at radius 3 is 2.50 bits per heavy atom. The lowest BCUT2D eigenvalue weighted by Crippen LogP contribution is -1.90. The molecule has 0 saturated carbocycles. The highest BCUT2D eigenvalue weighted by Crippen LogP contribution is 2.33. The number of nitrogens with zero attached hydrogens (tertiary/aromatic N) is 1. The molecule has 0 fully saturated rings. The first-order valence-corrected chi connectivity index (χ1v) is 9.56. The molecule has 0 N–H and O–H groups in total. The highest BCUT2D eigenvalue weighted by molar-refractivity contribution is 7.98. The van der Waals surface area contributed by atoms with Crippen molar-refractivity contribution in [3.63, 3.8) is 0 Å². The average Bonchev–Trinajstić information content (AvgIpc) is 3.09. The summed E-state index contributed by atoms with van der Waals surface area (Å²) in [6.45, 7) is 2.60. The molecule has 3 heteroatoms. The summed E-state index contributed by atoms with van der Waals surface area (Å²) in [5, 5.41) is 4.19. The van der Waals surface area contributed by atoms with E-state index in [1.807, 2.05) is 6.21 Å². The van der Waals surface area contributed by atoms with E-state index < -0.39 is 0 Å². The second-order valence-corrected chi connectivity index (χ2v) is 6.96. The lowest BCUT2D eigenvalue weighted by Gasteiger charge is -2.05. The molecule has 2 aromatic rings. The van der Waals surface area contributed by atoms with Gasteiger partial charge < -0.3 is 4.84 Å². The van der Waals surface area contributed by atoms with Gasteiger partial charge >= 0.3 is 0 Å². The Morgan fingerprint density at radius 1 is 1.04 bits per heavy atom. The minimum atomic E-state index is 0.516. The quantitative estimate of drug-likeness (QED) is 0.374. The van der Waals surface area contributed by atoms with E-state index in [1.54, 1.807) is 11.8 Å². The zero-order valence-corrected chi connectivity index (χ0v) is 15.1. The minimum absolute atomic E-state index is 0.516. The fourth-order valence-electron chi connectivity index (χ4n) is 2.93. The second-order valence-electron chi connectivity index (χ2n) is 6.08. The summed E-state index contributed by atoms with van der Waals surface area (Å²) >= 11 is 1.77. The van der Waals surface area contributed by atoms with Crippen LogP contribution in [0.15, 0.2) is 64.2 Å².